The van der Waals surface area contributed by atoms with Crippen LogP contribution in [0.1, 0.15) is 12.5 Å². The Bertz CT molecular complexity index is 439. The van der Waals surface area contributed by atoms with Crippen LogP contribution in [0.2, 0.25) is 0 Å². The van der Waals surface area contributed by atoms with Crippen LogP contribution < -0.4 is 4.74 Å². The van der Waals surface area contributed by atoms with Crippen LogP contribution in [0.3, 0.4) is 0 Å². The minimum absolute atomic E-state index is 0.522. The smallest absolute Gasteiger partial charge is 0.253 e. The van der Waals surface area contributed by atoms with Gasteiger partial charge in [0.2, 0.25) is 5.88 Å². The minimum Gasteiger partial charge on any atom is -0.481 e. The molecule has 0 saturated heterocycles. The fourth-order valence-electron chi connectivity index (χ4n) is 1.30. The van der Waals surface area contributed by atoms with Crippen molar-refractivity contribution in [1.29, 1.82) is 0 Å². The molecule has 0 spiro atoms. The molecule has 0 aromatic carbocycles. The molecule has 0 aliphatic rings. The van der Waals surface area contributed by atoms with Crippen molar-refractivity contribution in [3.05, 3.63) is 30.2 Å². The number of aryl methyl sites for hydroxylation is 1. The van der Waals surface area contributed by atoms with Crippen molar-refractivity contribution in [1.82, 2.24) is 19.7 Å². The highest BCUT2D eigenvalue weighted by atomic mass is 16.5. The molecule has 0 fully saturated rings. The van der Waals surface area contributed by atoms with E-state index in [1.54, 1.807) is 30.4 Å². The van der Waals surface area contributed by atoms with Gasteiger partial charge < -0.3 is 4.74 Å². The SMILES string of the molecule is CCc1cnc(-n2cccn2)nc1OC. The van der Waals surface area contributed by atoms with E-state index in [0.717, 1.165) is 12.0 Å². The van der Waals surface area contributed by atoms with Crippen molar-refractivity contribution in [2.45, 2.75) is 13.3 Å². The normalized spacial score (nSPS) is 10.3. The Labute approximate surface area is 87.7 Å². The highest BCUT2D eigenvalue weighted by molar-refractivity contribution is 5.27. The number of hydrogen-bond acceptors (Lipinski definition) is 4. The summed E-state index contributed by atoms with van der Waals surface area (Å²) in [5.41, 5.74) is 0.994. The predicted molar refractivity (Wildman–Crippen MR) is 55.1 cm³/mol. The zero-order chi connectivity index (χ0) is 10.7. The molecule has 2 rings (SSSR count). The molecule has 15 heavy (non-hydrogen) atoms. The topological polar surface area (TPSA) is 52.8 Å². The molecule has 0 saturated carbocycles. The van der Waals surface area contributed by atoms with Gasteiger partial charge in [-0.25, -0.2) is 9.67 Å². The summed E-state index contributed by atoms with van der Waals surface area (Å²) in [6.45, 7) is 2.04. The fraction of sp³-hybridized carbons (Fsp3) is 0.300. The van der Waals surface area contributed by atoms with Crippen LogP contribution in [0.4, 0.5) is 0 Å². The molecule has 2 heterocycles. The largest absolute Gasteiger partial charge is 0.481 e. The van der Waals surface area contributed by atoms with Crippen molar-refractivity contribution >= 4 is 0 Å². The molecule has 0 unspecified atom stereocenters. The lowest BCUT2D eigenvalue weighted by molar-refractivity contribution is 0.390. The monoisotopic (exact) mass is 204 g/mol. The number of hydrogen-bond donors (Lipinski definition) is 0. The maximum Gasteiger partial charge on any atom is 0.253 e. The maximum atomic E-state index is 5.18. The van der Waals surface area contributed by atoms with Crippen LogP contribution in [0.5, 0.6) is 5.88 Å². The molecular weight excluding hydrogens is 192 g/mol. The Balaban J connectivity index is 2.43. The van der Waals surface area contributed by atoms with Crippen LogP contribution in [0.15, 0.2) is 24.7 Å². The third-order valence-corrected chi connectivity index (χ3v) is 2.10. The van der Waals surface area contributed by atoms with Gasteiger partial charge in [0.1, 0.15) is 0 Å². The Hall–Kier alpha value is -1.91. The number of rotatable bonds is 3. The van der Waals surface area contributed by atoms with Gasteiger partial charge in [0, 0.05) is 24.2 Å². The highest BCUT2D eigenvalue weighted by Crippen LogP contribution is 2.15. The summed E-state index contributed by atoms with van der Waals surface area (Å²) in [5, 5.41) is 4.05. The van der Waals surface area contributed by atoms with E-state index < -0.39 is 0 Å². The minimum atomic E-state index is 0.522. The first-order valence-corrected chi connectivity index (χ1v) is 4.75. The lowest BCUT2D eigenvalue weighted by Gasteiger charge is -2.06. The zero-order valence-electron chi connectivity index (χ0n) is 8.71. The molecule has 2 aromatic rings. The molecule has 78 valence electrons. The third-order valence-electron chi connectivity index (χ3n) is 2.10. The molecule has 0 aliphatic carbocycles. The lowest BCUT2D eigenvalue weighted by atomic mass is 10.2. The summed E-state index contributed by atoms with van der Waals surface area (Å²) in [7, 11) is 1.61. The van der Waals surface area contributed by atoms with E-state index in [1.165, 1.54) is 0 Å². The number of aromatic nitrogens is 4. The van der Waals surface area contributed by atoms with E-state index in [9.17, 15) is 0 Å². The number of methoxy groups -OCH3 is 1. The summed E-state index contributed by atoms with van der Waals surface area (Å²) in [6.07, 6.45) is 6.09. The molecule has 0 N–H and O–H groups in total. The average molecular weight is 204 g/mol. The Morgan fingerprint density at radius 2 is 2.33 bits per heavy atom. The van der Waals surface area contributed by atoms with Gasteiger partial charge in [0.05, 0.1) is 7.11 Å². The van der Waals surface area contributed by atoms with Gasteiger partial charge in [-0.3, -0.25) is 0 Å². The Morgan fingerprint density at radius 3 is 2.93 bits per heavy atom. The van der Waals surface area contributed by atoms with Gasteiger partial charge >= 0.3 is 0 Å². The Morgan fingerprint density at radius 1 is 1.47 bits per heavy atom. The van der Waals surface area contributed by atoms with Crippen LogP contribution >= 0.6 is 0 Å². The van der Waals surface area contributed by atoms with E-state index >= 15 is 0 Å². The first-order chi connectivity index (χ1) is 7.35. The molecule has 0 bridgehead atoms. The highest BCUT2D eigenvalue weighted by Gasteiger charge is 2.06. The van der Waals surface area contributed by atoms with Gasteiger partial charge in [-0.1, -0.05) is 6.92 Å². The molecule has 0 radical (unpaired) electrons. The summed E-state index contributed by atoms with van der Waals surface area (Å²) >= 11 is 0. The summed E-state index contributed by atoms with van der Waals surface area (Å²) in [5.74, 6) is 1.13. The second kappa shape index (κ2) is 4.08. The van der Waals surface area contributed by atoms with Crippen LogP contribution in [0, 0.1) is 0 Å². The standard InChI is InChI=1S/C10H12N4O/c1-3-8-7-11-10(13-9(8)15-2)14-6-4-5-12-14/h4-7H,3H2,1-2H3. The van der Waals surface area contributed by atoms with Gasteiger partial charge in [-0.05, 0) is 12.5 Å². The second-order valence-corrected chi connectivity index (χ2v) is 3.01. The van der Waals surface area contributed by atoms with E-state index in [-0.39, 0.29) is 0 Å². The molecule has 5 nitrogen and oxygen atoms in total. The molecule has 5 heteroatoms. The summed E-state index contributed by atoms with van der Waals surface area (Å²) in [6, 6.07) is 1.82. The van der Waals surface area contributed by atoms with Crippen molar-refractivity contribution in [2.75, 3.05) is 7.11 Å². The molecule has 0 aliphatic heterocycles. The quantitative estimate of drug-likeness (QED) is 0.754. The fourth-order valence-corrected chi connectivity index (χ4v) is 1.30. The van der Waals surface area contributed by atoms with Gasteiger partial charge in [-0.15, -0.1) is 0 Å². The molecular formula is C10H12N4O. The maximum absolute atomic E-state index is 5.18. The van der Waals surface area contributed by atoms with E-state index in [0.29, 0.717) is 11.8 Å². The summed E-state index contributed by atoms with van der Waals surface area (Å²) in [4.78, 5) is 8.48. The van der Waals surface area contributed by atoms with Crippen LogP contribution in [0.25, 0.3) is 5.95 Å². The first kappa shape index (κ1) is 9.64. The van der Waals surface area contributed by atoms with E-state index in [1.807, 2.05) is 13.0 Å². The predicted octanol–water partition coefficient (Wildman–Crippen LogP) is 1.23. The molecule has 0 atom stereocenters. The molecule has 2 aromatic heterocycles. The van der Waals surface area contributed by atoms with Crippen molar-refractivity contribution < 1.29 is 4.74 Å². The number of nitrogens with zero attached hydrogens (tertiary/aromatic N) is 4. The van der Waals surface area contributed by atoms with E-state index in [4.69, 9.17) is 4.74 Å². The third kappa shape index (κ3) is 1.81. The summed E-state index contributed by atoms with van der Waals surface area (Å²) < 4.78 is 6.78. The Kier molecular flexibility index (Phi) is 2.62. The average Bonchev–Trinajstić information content (AvgIpc) is 2.81. The van der Waals surface area contributed by atoms with Crippen molar-refractivity contribution in [3.8, 4) is 11.8 Å². The second-order valence-electron chi connectivity index (χ2n) is 3.01. The van der Waals surface area contributed by atoms with Gasteiger partial charge in [0.15, 0.2) is 0 Å². The van der Waals surface area contributed by atoms with E-state index in [2.05, 4.69) is 15.1 Å². The van der Waals surface area contributed by atoms with Crippen molar-refractivity contribution in [3.63, 3.8) is 0 Å². The lowest BCUT2D eigenvalue weighted by Crippen LogP contribution is -2.04. The van der Waals surface area contributed by atoms with Gasteiger partial charge in [-0.2, -0.15) is 10.1 Å². The number of ether oxygens (including phenoxy) is 1. The van der Waals surface area contributed by atoms with Crippen LogP contribution in [-0.4, -0.2) is 26.9 Å². The van der Waals surface area contributed by atoms with Gasteiger partial charge in [0.25, 0.3) is 5.95 Å². The first-order valence-electron chi connectivity index (χ1n) is 4.75. The zero-order valence-corrected chi connectivity index (χ0v) is 8.71. The molecule has 0 amide bonds. The van der Waals surface area contributed by atoms with Crippen molar-refractivity contribution in [2.24, 2.45) is 0 Å². The van der Waals surface area contributed by atoms with Crippen LogP contribution in [-0.2, 0) is 6.42 Å².